The van der Waals surface area contributed by atoms with Gasteiger partial charge in [-0.1, -0.05) is 36.8 Å². The number of carbonyl (C=O) groups excluding carboxylic acids is 1. The Labute approximate surface area is 174 Å². The summed E-state index contributed by atoms with van der Waals surface area (Å²) in [6, 6.07) is 14.3. The second-order valence-electron chi connectivity index (χ2n) is 7.70. The van der Waals surface area contributed by atoms with Crippen molar-refractivity contribution in [1.29, 1.82) is 0 Å². The minimum atomic E-state index is -0.0943. The number of hydrogen-bond acceptors (Lipinski definition) is 4. The molecular formula is C24H32N2O3. The Morgan fingerprint density at radius 2 is 1.69 bits per heavy atom. The van der Waals surface area contributed by atoms with Crippen LogP contribution in [0.4, 0.5) is 0 Å². The van der Waals surface area contributed by atoms with E-state index < -0.39 is 0 Å². The molecule has 1 saturated heterocycles. The first-order chi connectivity index (χ1) is 14.1. The van der Waals surface area contributed by atoms with E-state index in [9.17, 15) is 4.79 Å². The van der Waals surface area contributed by atoms with E-state index in [2.05, 4.69) is 22.3 Å². The van der Waals surface area contributed by atoms with Crippen LogP contribution in [0.5, 0.6) is 11.5 Å². The van der Waals surface area contributed by atoms with E-state index in [1.54, 1.807) is 7.11 Å². The molecule has 0 bridgehead atoms. The average Bonchev–Trinajstić information content (AvgIpc) is 2.75. The molecule has 1 atom stereocenters. The zero-order valence-corrected chi connectivity index (χ0v) is 17.7. The van der Waals surface area contributed by atoms with E-state index >= 15 is 0 Å². The number of methoxy groups -OCH3 is 1. The van der Waals surface area contributed by atoms with Gasteiger partial charge in [0, 0.05) is 6.54 Å². The lowest BCUT2D eigenvalue weighted by atomic mass is 10.0. The molecular weight excluding hydrogens is 364 g/mol. The number of benzene rings is 2. The monoisotopic (exact) mass is 396 g/mol. The van der Waals surface area contributed by atoms with Crippen molar-refractivity contribution in [2.45, 2.75) is 39.2 Å². The number of nitrogens with zero attached hydrogens (tertiary/aromatic N) is 1. The molecule has 29 heavy (non-hydrogen) atoms. The van der Waals surface area contributed by atoms with Crippen molar-refractivity contribution in [2.75, 3.05) is 33.4 Å². The maximum Gasteiger partial charge on any atom is 0.258 e. The Morgan fingerprint density at radius 1 is 1.03 bits per heavy atom. The molecule has 0 saturated carbocycles. The van der Waals surface area contributed by atoms with Crippen LogP contribution >= 0.6 is 0 Å². The fraction of sp³-hybridized carbons (Fsp3) is 0.458. The molecule has 1 unspecified atom stereocenters. The Hall–Kier alpha value is -2.53. The molecule has 0 aromatic heterocycles. The Morgan fingerprint density at radius 3 is 2.31 bits per heavy atom. The van der Waals surface area contributed by atoms with E-state index in [-0.39, 0.29) is 18.6 Å². The van der Waals surface area contributed by atoms with Crippen LogP contribution in [0.3, 0.4) is 0 Å². The van der Waals surface area contributed by atoms with Crippen LogP contribution in [-0.4, -0.2) is 44.2 Å². The number of para-hydroxylation sites is 1. The van der Waals surface area contributed by atoms with Crippen molar-refractivity contribution in [3.8, 4) is 11.5 Å². The maximum absolute atomic E-state index is 12.5. The highest BCUT2D eigenvalue weighted by atomic mass is 16.5. The molecule has 3 rings (SSSR count). The summed E-state index contributed by atoms with van der Waals surface area (Å²) >= 11 is 0. The number of nitrogens with one attached hydrogen (secondary N) is 1. The van der Waals surface area contributed by atoms with E-state index in [1.807, 2.05) is 44.2 Å². The first-order valence-corrected chi connectivity index (χ1v) is 10.4. The zero-order chi connectivity index (χ0) is 20.6. The van der Waals surface area contributed by atoms with E-state index in [4.69, 9.17) is 9.47 Å². The van der Waals surface area contributed by atoms with Gasteiger partial charge in [-0.05, 0) is 68.6 Å². The highest BCUT2D eigenvalue weighted by molar-refractivity contribution is 5.77. The van der Waals surface area contributed by atoms with Crippen LogP contribution in [-0.2, 0) is 4.79 Å². The summed E-state index contributed by atoms with van der Waals surface area (Å²) < 4.78 is 11.1. The summed E-state index contributed by atoms with van der Waals surface area (Å²) in [7, 11) is 1.67. The molecule has 2 aromatic carbocycles. The largest absolute Gasteiger partial charge is 0.497 e. The van der Waals surface area contributed by atoms with Crippen LogP contribution in [0.1, 0.15) is 42.0 Å². The van der Waals surface area contributed by atoms with Gasteiger partial charge in [0.1, 0.15) is 11.5 Å². The molecule has 0 spiro atoms. The summed E-state index contributed by atoms with van der Waals surface area (Å²) in [6.07, 6.45) is 3.69. The quantitative estimate of drug-likeness (QED) is 0.732. The van der Waals surface area contributed by atoms with Gasteiger partial charge >= 0.3 is 0 Å². The van der Waals surface area contributed by atoms with E-state index in [1.165, 1.54) is 24.8 Å². The average molecular weight is 397 g/mol. The highest BCUT2D eigenvalue weighted by Crippen LogP contribution is 2.26. The molecule has 156 valence electrons. The zero-order valence-electron chi connectivity index (χ0n) is 17.7. The lowest BCUT2D eigenvalue weighted by Gasteiger charge is -2.35. The van der Waals surface area contributed by atoms with Gasteiger partial charge in [0.05, 0.1) is 13.2 Å². The Balaban J connectivity index is 1.61. The smallest absolute Gasteiger partial charge is 0.258 e. The van der Waals surface area contributed by atoms with Gasteiger partial charge in [-0.15, -0.1) is 0 Å². The maximum atomic E-state index is 12.5. The van der Waals surface area contributed by atoms with Crippen LogP contribution in [0.15, 0.2) is 42.5 Å². The van der Waals surface area contributed by atoms with Crippen molar-refractivity contribution in [3.05, 3.63) is 59.2 Å². The first-order valence-electron chi connectivity index (χ1n) is 10.4. The van der Waals surface area contributed by atoms with Gasteiger partial charge in [0.15, 0.2) is 6.61 Å². The van der Waals surface area contributed by atoms with Crippen LogP contribution in [0.25, 0.3) is 0 Å². The van der Waals surface area contributed by atoms with Crippen molar-refractivity contribution in [3.63, 3.8) is 0 Å². The number of hydrogen-bond donors (Lipinski definition) is 1. The van der Waals surface area contributed by atoms with Gasteiger partial charge in [0.2, 0.25) is 0 Å². The molecule has 0 aliphatic carbocycles. The first kappa shape index (κ1) is 21.2. The number of ether oxygens (including phenoxy) is 2. The van der Waals surface area contributed by atoms with Crippen LogP contribution < -0.4 is 14.8 Å². The van der Waals surface area contributed by atoms with Crippen molar-refractivity contribution in [2.24, 2.45) is 0 Å². The molecule has 1 N–H and O–H groups in total. The third-order valence-electron chi connectivity index (χ3n) is 5.58. The van der Waals surface area contributed by atoms with E-state index in [0.717, 1.165) is 35.7 Å². The Bertz CT molecular complexity index is 778. The summed E-state index contributed by atoms with van der Waals surface area (Å²) in [4.78, 5) is 15.0. The normalized spacial score (nSPS) is 15.6. The Kier molecular flexibility index (Phi) is 7.53. The summed E-state index contributed by atoms with van der Waals surface area (Å²) in [5, 5.41) is 3.08. The third-order valence-corrected chi connectivity index (χ3v) is 5.58. The third kappa shape index (κ3) is 5.73. The number of likely N-dealkylation sites (tertiary alicyclic amines) is 1. The molecule has 1 aliphatic heterocycles. The summed E-state index contributed by atoms with van der Waals surface area (Å²) in [6.45, 7) is 6.71. The van der Waals surface area contributed by atoms with Gasteiger partial charge < -0.3 is 14.8 Å². The minimum absolute atomic E-state index is 0.0288. The number of aryl methyl sites for hydroxylation is 2. The summed E-state index contributed by atoms with van der Waals surface area (Å²) in [5.74, 6) is 1.55. The van der Waals surface area contributed by atoms with Crippen molar-refractivity contribution < 1.29 is 14.3 Å². The lowest BCUT2D eigenvalue weighted by Crippen LogP contribution is -2.41. The molecule has 0 radical (unpaired) electrons. The molecule has 1 amide bonds. The second kappa shape index (κ2) is 10.3. The predicted molar refractivity (Wildman–Crippen MR) is 116 cm³/mol. The van der Waals surface area contributed by atoms with Gasteiger partial charge in [-0.25, -0.2) is 0 Å². The predicted octanol–water partition coefficient (Wildman–Crippen LogP) is 4.03. The highest BCUT2D eigenvalue weighted by Gasteiger charge is 2.23. The fourth-order valence-corrected chi connectivity index (χ4v) is 3.94. The fourth-order valence-electron chi connectivity index (χ4n) is 3.94. The molecule has 5 nitrogen and oxygen atoms in total. The van der Waals surface area contributed by atoms with Crippen molar-refractivity contribution in [1.82, 2.24) is 10.2 Å². The van der Waals surface area contributed by atoms with Gasteiger partial charge in [-0.3, -0.25) is 9.69 Å². The number of amides is 1. The SMILES string of the molecule is COc1ccc(C(CNC(=O)COc2c(C)cccc2C)N2CCCCC2)cc1. The molecule has 1 heterocycles. The second-order valence-corrected chi connectivity index (χ2v) is 7.70. The molecule has 2 aromatic rings. The van der Waals surface area contributed by atoms with Gasteiger partial charge in [-0.2, -0.15) is 0 Å². The lowest BCUT2D eigenvalue weighted by molar-refractivity contribution is -0.123. The topological polar surface area (TPSA) is 50.8 Å². The molecule has 1 fully saturated rings. The number of rotatable bonds is 8. The van der Waals surface area contributed by atoms with Gasteiger partial charge in [0.25, 0.3) is 5.91 Å². The molecule has 1 aliphatic rings. The van der Waals surface area contributed by atoms with Crippen LogP contribution in [0, 0.1) is 13.8 Å². The standard InChI is InChI=1S/C24H32N2O3/c1-18-8-7-9-19(2)24(18)29-17-23(27)25-16-22(26-14-5-4-6-15-26)20-10-12-21(28-3)13-11-20/h7-13,22H,4-6,14-17H2,1-3H3,(H,25,27). The number of carbonyl (C=O) groups is 1. The van der Waals surface area contributed by atoms with E-state index in [0.29, 0.717) is 6.54 Å². The summed E-state index contributed by atoms with van der Waals surface area (Å²) in [5.41, 5.74) is 3.29. The van der Waals surface area contributed by atoms with Crippen molar-refractivity contribution >= 4 is 5.91 Å². The number of piperidine rings is 1. The molecule has 5 heteroatoms. The minimum Gasteiger partial charge on any atom is -0.497 e. The van der Waals surface area contributed by atoms with Crippen LogP contribution in [0.2, 0.25) is 0 Å².